The number of fused-ring (bicyclic) bond motifs is 8. The smallest absolute Gasteiger partial charge is 0.160 e. The SMILES string of the molecule is C=Cc1oc2c(ccc3c4ccccc4n(-c4cccc5c4sc4ccccc45)c32)c1/C=C\C. The molecule has 34 heavy (non-hydrogen) atoms. The van der Waals surface area contributed by atoms with Crippen molar-refractivity contribution in [1.82, 2.24) is 4.57 Å². The largest absolute Gasteiger partial charge is 0.454 e. The van der Waals surface area contributed by atoms with Gasteiger partial charge in [0.15, 0.2) is 5.58 Å². The average Bonchev–Trinajstić information content (AvgIpc) is 3.54. The highest BCUT2D eigenvalue weighted by molar-refractivity contribution is 7.26. The predicted octanol–water partition coefficient (Wildman–Crippen LogP) is 9.57. The maximum Gasteiger partial charge on any atom is 0.160 e. The van der Waals surface area contributed by atoms with Crippen molar-refractivity contribution in [3.05, 3.63) is 103 Å². The number of thiophene rings is 1. The first kappa shape index (κ1) is 19.4. The number of furan rings is 1. The Hall–Kier alpha value is -4.08. The second kappa shape index (κ2) is 7.21. The fraction of sp³-hybridized carbons (Fsp3) is 0.0323. The summed E-state index contributed by atoms with van der Waals surface area (Å²) in [6.07, 6.45) is 5.96. The van der Waals surface area contributed by atoms with Crippen LogP contribution in [0.4, 0.5) is 0 Å². The predicted molar refractivity (Wildman–Crippen MR) is 148 cm³/mol. The standard InChI is InChI=1S/C31H21NOS/c1-3-10-20-23-18-17-22-19-11-5-7-14-25(19)32(29(22)30(23)33-27(20)4-2)26-15-9-13-24-21-12-6-8-16-28(21)34-31(24)26/h3-18H,2H2,1H3/b10-3-. The molecule has 4 aromatic carbocycles. The van der Waals surface area contributed by atoms with Crippen LogP contribution in [0.1, 0.15) is 18.2 Å². The van der Waals surface area contributed by atoms with Crippen LogP contribution in [0.2, 0.25) is 0 Å². The highest BCUT2D eigenvalue weighted by Crippen LogP contribution is 2.43. The van der Waals surface area contributed by atoms with E-state index in [2.05, 4.69) is 102 Å². The minimum absolute atomic E-state index is 0.803. The van der Waals surface area contributed by atoms with E-state index in [-0.39, 0.29) is 0 Å². The van der Waals surface area contributed by atoms with Crippen LogP contribution in [0.3, 0.4) is 0 Å². The molecular formula is C31H21NOS. The van der Waals surface area contributed by atoms with Gasteiger partial charge in [0.05, 0.1) is 21.4 Å². The number of nitrogens with zero attached hydrogens (tertiary/aromatic N) is 1. The van der Waals surface area contributed by atoms with Crippen LogP contribution in [0.25, 0.3) is 70.8 Å². The number of para-hydroxylation sites is 1. The lowest BCUT2D eigenvalue weighted by Gasteiger charge is -2.09. The van der Waals surface area contributed by atoms with Crippen LogP contribution in [0.5, 0.6) is 0 Å². The molecule has 2 nitrogen and oxygen atoms in total. The molecule has 0 aliphatic rings. The Kier molecular flexibility index (Phi) is 4.11. The van der Waals surface area contributed by atoms with Crippen LogP contribution in [-0.4, -0.2) is 4.57 Å². The van der Waals surface area contributed by atoms with Gasteiger partial charge in [0.25, 0.3) is 0 Å². The molecule has 0 spiro atoms. The zero-order valence-corrected chi connectivity index (χ0v) is 19.5. The van der Waals surface area contributed by atoms with Gasteiger partial charge in [0, 0.05) is 37.2 Å². The van der Waals surface area contributed by atoms with E-state index >= 15 is 0 Å². The topological polar surface area (TPSA) is 18.1 Å². The Morgan fingerprint density at radius 3 is 2.41 bits per heavy atom. The Bertz CT molecular complexity index is 1940. The molecule has 0 bridgehead atoms. The fourth-order valence-corrected chi connectivity index (χ4v) is 6.50. The van der Waals surface area contributed by atoms with Crippen molar-refractivity contribution in [2.24, 2.45) is 0 Å². The Morgan fingerprint density at radius 1 is 0.794 bits per heavy atom. The van der Waals surface area contributed by atoms with E-state index in [0.29, 0.717) is 0 Å². The molecule has 0 aliphatic heterocycles. The van der Waals surface area contributed by atoms with Crippen LogP contribution in [-0.2, 0) is 0 Å². The molecule has 7 aromatic rings. The van der Waals surface area contributed by atoms with E-state index in [1.807, 2.05) is 18.3 Å². The van der Waals surface area contributed by atoms with E-state index in [4.69, 9.17) is 4.42 Å². The third kappa shape index (κ3) is 2.50. The van der Waals surface area contributed by atoms with Gasteiger partial charge in [-0.1, -0.05) is 73.3 Å². The van der Waals surface area contributed by atoms with Crippen LogP contribution in [0, 0.1) is 0 Å². The average molecular weight is 456 g/mol. The lowest BCUT2D eigenvalue weighted by atomic mass is 10.1. The Morgan fingerprint density at radius 2 is 1.56 bits per heavy atom. The summed E-state index contributed by atoms with van der Waals surface area (Å²) >= 11 is 1.85. The molecule has 0 fully saturated rings. The second-order valence-electron chi connectivity index (χ2n) is 8.53. The van der Waals surface area contributed by atoms with Crippen molar-refractivity contribution in [2.45, 2.75) is 6.92 Å². The van der Waals surface area contributed by atoms with Crippen molar-refractivity contribution < 1.29 is 4.42 Å². The van der Waals surface area contributed by atoms with Crippen molar-refractivity contribution in [3.8, 4) is 5.69 Å². The zero-order chi connectivity index (χ0) is 22.8. The molecule has 0 N–H and O–H groups in total. The summed E-state index contributed by atoms with van der Waals surface area (Å²) < 4.78 is 11.5. The Balaban J connectivity index is 1.72. The van der Waals surface area contributed by atoms with Crippen molar-refractivity contribution in [1.29, 1.82) is 0 Å². The van der Waals surface area contributed by atoms with E-state index in [9.17, 15) is 0 Å². The first-order chi connectivity index (χ1) is 16.8. The molecule has 0 saturated carbocycles. The third-order valence-corrected chi connectivity index (χ3v) is 7.91. The molecule has 3 aromatic heterocycles. The lowest BCUT2D eigenvalue weighted by Crippen LogP contribution is -1.94. The first-order valence-corrected chi connectivity index (χ1v) is 12.3. The van der Waals surface area contributed by atoms with Crippen molar-refractivity contribution in [3.63, 3.8) is 0 Å². The summed E-state index contributed by atoms with van der Waals surface area (Å²) in [4.78, 5) is 0. The summed E-state index contributed by atoms with van der Waals surface area (Å²) in [5, 5.41) is 6.11. The van der Waals surface area contributed by atoms with Crippen LogP contribution < -0.4 is 0 Å². The monoisotopic (exact) mass is 455 g/mol. The van der Waals surface area contributed by atoms with Crippen molar-refractivity contribution in [2.75, 3.05) is 0 Å². The molecule has 0 atom stereocenters. The van der Waals surface area contributed by atoms with E-state index < -0.39 is 0 Å². The van der Waals surface area contributed by atoms with Gasteiger partial charge in [-0.15, -0.1) is 11.3 Å². The molecule has 3 heteroatoms. The van der Waals surface area contributed by atoms with Gasteiger partial charge in [-0.3, -0.25) is 0 Å². The fourth-order valence-electron chi connectivity index (χ4n) is 5.29. The highest BCUT2D eigenvalue weighted by atomic mass is 32.1. The number of hydrogen-bond acceptors (Lipinski definition) is 2. The van der Waals surface area contributed by atoms with Crippen LogP contribution >= 0.6 is 11.3 Å². The first-order valence-electron chi connectivity index (χ1n) is 11.4. The van der Waals surface area contributed by atoms with Gasteiger partial charge < -0.3 is 8.98 Å². The third-order valence-electron chi connectivity index (χ3n) is 6.70. The molecule has 3 heterocycles. The molecule has 0 amide bonds. The van der Waals surface area contributed by atoms with Gasteiger partial charge in [-0.2, -0.15) is 0 Å². The normalized spacial score (nSPS) is 12.3. The summed E-state index contributed by atoms with van der Waals surface area (Å²) in [6.45, 7) is 6.04. The van der Waals surface area contributed by atoms with Gasteiger partial charge in [0.1, 0.15) is 5.76 Å². The maximum atomic E-state index is 6.49. The van der Waals surface area contributed by atoms with E-state index in [1.165, 1.54) is 42.1 Å². The zero-order valence-electron chi connectivity index (χ0n) is 18.7. The summed E-state index contributed by atoms with van der Waals surface area (Å²) in [6, 6.07) is 28.3. The molecular weight excluding hydrogens is 434 g/mol. The molecule has 7 rings (SSSR count). The second-order valence-corrected chi connectivity index (χ2v) is 9.58. The van der Waals surface area contributed by atoms with Gasteiger partial charge in [0.2, 0.25) is 0 Å². The minimum Gasteiger partial charge on any atom is -0.454 e. The molecule has 162 valence electrons. The number of aromatic nitrogens is 1. The van der Waals surface area contributed by atoms with E-state index in [1.54, 1.807) is 6.08 Å². The Labute approximate surface area is 200 Å². The van der Waals surface area contributed by atoms with Gasteiger partial charge >= 0.3 is 0 Å². The van der Waals surface area contributed by atoms with E-state index in [0.717, 1.165) is 27.8 Å². The van der Waals surface area contributed by atoms with Crippen molar-refractivity contribution >= 4 is 76.4 Å². The number of allylic oxidation sites excluding steroid dienone is 1. The number of hydrogen-bond donors (Lipinski definition) is 0. The van der Waals surface area contributed by atoms with Gasteiger partial charge in [-0.05, 0) is 37.3 Å². The molecule has 0 saturated heterocycles. The number of benzene rings is 4. The lowest BCUT2D eigenvalue weighted by molar-refractivity contribution is 0.605. The minimum atomic E-state index is 0.803. The van der Waals surface area contributed by atoms with Gasteiger partial charge in [-0.25, -0.2) is 0 Å². The quantitative estimate of drug-likeness (QED) is 0.259. The highest BCUT2D eigenvalue weighted by Gasteiger charge is 2.21. The van der Waals surface area contributed by atoms with Crippen LogP contribution in [0.15, 0.2) is 95.9 Å². The summed E-state index contributed by atoms with van der Waals surface area (Å²) in [7, 11) is 0. The summed E-state index contributed by atoms with van der Waals surface area (Å²) in [5.41, 5.74) is 5.43. The molecule has 0 aliphatic carbocycles. The molecule has 0 unspecified atom stereocenters. The maximum absolute atomic E-state index is 6.49. The molecule has 0 radical (unpaired) electrons. The summed E-state index contributed by atoms with van der Waals surface area (Å²) in [5.74, 6) is 0.803. The number of rotatable bonds is 3.